The SMILES string of the molecule is COc1ccc(C2(C)NC(=O)N(CC(=O)N3c4ccccc4SCC3c3ccccc3)C2=O)cc1. The number of anilines is 1. The Hall–Kier alpha value is -3.78. The van der Waals surface area contributed by atoms with E-state index >= 15 is 0 Å². The molecule has 2 atom stereocenters. The number of ether oxygens (including phenoxy) is 1. The highest BCUT2D eigenvalue weighted by Crippen LogP contribution is 2.43. The third-order valence-corrected chi connectivity index (χ3v) is 7.66. The van der Waals surface area contributed by atoms with Crippen LogP contribution in [0.15, 0.2) is 83.8 Å². The molecule has 2 unspecified atom stereocenters. The van der Waals surface area contributed by atoms with Gasteiger partial charge < -0.3 is 15.0 Å². The van der Waals surface area contributed by atoms with Crippen molar-refractivity contribution in [3.8, 4) is 5.75 Å². The van der Waals surface area contributed by atoms with Crippen molar-refractivity contribution in [3.63, 3.8) is 0 Å². The molecule has 2 heterocycles. The fourth-order valence-electron chi connectivity index (χ4n) is 4.59. The number of methoxy groups -OCH3 is 1. The lowest BCUT2D eigenvalue weighted by atomic mass is 9.92. The number of para-hydroxylation sites is 1. The van der Waals surface area contributed by atoms with Gasteiger partial charge in [-0.25, -0.2) is 4.79 Å². The van der Waals surface area contributed by atoms with Crippen LogP contribution in [-0.2, 0) is 15.1 Å². The van der Waals surface area contributed by atoms with Gasteiger partial charge in [-0.05, 0) is 42.3 Å². The predicted octanol–water partition coefficient (Wildman–Crippen LogP) is 4.34. The fourth-order valence-corrected chi connectivity index (χ4v) is 5.76. The second kappa shape index (κ2) is 9.11. The van der Waals surface area contributed by atoms with Crippen LogP contribution in [0.4, 0.5) is 10.5 Å². The number of urea groups is 1. The number of nitrogens with zero attached hydrogens (tertiary/aromatic N) is 2. The summed E-state index contributed by atoms with van der Waals surface area (Å²) in [5, 5.41) is 2.78. The van der Waals surface area contributed by atoms with E-state index in [0.29, 0.717) is 17.1 Å². The number of rotatable bonds is 5. The minimum absolute atomic E-state index is 0.211. The summed E-state index contributed by atoms with van der Waals surface area (Å²) in [6.45, 7) is 1.30. The molecular weight excluding hydrogens is 462 g/mol. The van der Waals surface area contributed by atoms with Crippen molar-refractivity contribution in [1.82, 2.24) is 10.2 Å². The number of fused-ring (bicyclic) bond motifs is 1. The molecule has 3 aromatic rings. The Morgan fingerprint density at radius 1 is 1.03 bits per heavy atom. The van der Waals surface area contributed by atoms with E-state index in [9.17, 15) is 14.4 Å². The Kier molecular flexibility index (Phi) is 5.98. The third-order valence-electron chi connectivity index (χ3n) is 6.52. The Balaban J connectivity index is 1.44. The Bertz CT molecular complexity index is 1280. The van der Waals surface area contributed by atoms with Gasteiger partial charge in [-0.2, -0.15) is 0 Å². The minimum atomic E-state index is -1.27. The largest absolute Gasteiger partial charge is 0.497 e. The van der Waals surface area contributed by atoms with Crippen LogP contribution in [0.25, 0.3) is 0 Å². The average molecular weight is 488 g/mol. The third kappa shape index (κ3) is 4.04. The highest BCUT2D eigenvalue weighted by atomic mass is 32.2. The van der Waals surface area contributed by atoms with Crippen molar-refractivity contribution < 1.29 is 19.1 Å². The molecule has 1 fully saturated rings. The highest BCUT2D eigenvalue weighted by Gasteiger charge is 2.50. The van der Waals surface area contributed by atoms with Gasteiger partial charge in [0.25, 0.3) is 5.91 Å². The quantitative estimate of drug-likeness (QED) is 0.542. The number of nitrogens with one attached hydrogen (secondary N) is 1. The number of carbonyl (C=O) groups is 3. The number of hydrogen-bond donors (Lipinski definition) is 1. The van der Waals surface area contributed by atoms with Crippen molar-refractivity contribution in [2.75, 3.05) is 24.3 Å². The van der Waals surface area contributed by atoms with Crippen molar-refractivity contribution in [3.05, 3.63) is 90.0 Å². The first-order valence-electron chi connectivity index (χ1n) is 11.3. The normalized spacial score (nSPS) is 21.5. The van der Waals surface area contributed by atoms with Gasteiger partial charge in [0.2, 0.25) is 5.91 Å². The maximum atomic E-state index is 13.7. The molecule has 8 heteroatoms. The average Bonchev–Trinajstić information content (AvgIpc) is 3.12. The van der Waals surface area contributed by atoms with Crippen LogP contribution in [0.2, 0.25) is 0 Å². The zero-order chi connectivity index (χ0) is 24.6. The molecule has 0 saturated carbocycles. The smallest absolute Gasteiger partial charge is 0.325 e. The number of carbonyl (C=O) groups excluding carboxylic acids is 3. The van der Waals surface area contributed by atoms with Crippen LogP contribution < -0.4 is 15.0 Å². The lowest BCUT2D eigenvalue weighted by molar-refractivity contribution is -0.134. The first kappa shape index (κ1) is 23.0. The summed E-state index contributed by atoms with van der Waals surface area (Å²) in [4.78, 5) is 43.8. The molecule has 3 aromatic carbocycles. The molecule has 0 aromatic heterocycles. The second-order valence-electron chi connectivity index (χ2n) is 8.64. The van der Waals surface area contributed by atoms with E-state index in [4.69, 9.17) is 4.74 Å². The zero-order valence-electron chi connectivity index (χ0n) is 19.4. The Labute approximate surface area is 208 Å². The van der Waals surface area contributed by atoms with Crippen molar-refractivity contribution >= 4 is 35.3 Å². The van der Waals surface area contributed by atoms with Crippen LogP contribution in [-0.4, -0.2) is 42.2 Å². The first-order chi connectivity index (χ1) is 16.9. The van der Waals surface area contributed by atoms with Crippen molar-refractivity contribution in [1.29, 1.82) is 0 Å². The molecule has 5 rings (SSSR count). The van der Waals surface area contributed by atoms with Gasteiger partial charge in [-0.15, -0.1) is 11.8 Å². The number of benzene rings is 3. The molecule has 35 heavy (non-hydrogen) atoms. The van der Waals surface area contributed by atoms with Gasteiger partial charge in [0, 0.05) is 10.6 Å². The maximum Gasteiger partial charge on any atom is 0.325 e. The Morgan fingerprint density at radius 3 is 2.43 bits per heavy atom. The highest BCUT2D eigenvalue weighted by molar-refractivity contribution is 7.99. The maximum absolute atomic E-state index is 13.7. The van der Waals surface area contributed by atoms with Gasteiger partial charge in [0.1, 0.15) is 17.8 Å². The molecule has 1 saturated heterocycles. The summed E-state index contributed by atoms with van der Waals surface area (Å²) in [6, 6.07) is 23.7. The zero-order valence-corrected chi connectivity index (χ0v) is 20.2. The molecule has 0 radical (unpaired) electrons. The molecule has 0 aliphatic carbocycles. The van der Waals surface area contributed by atoms with E-state index in [2.05, 4.69) is 5.32 Å². The summed E-state index contributed by atoms with van der Waals surface area (Å²) < 4.78 is 5.19. The molecule has 0 bridgehead atoms. The van der Waals surface area contributed by atoms with Crippen molar-refractivity contribution in [2.24, 2.45) is 0 Å². The summed E-state index contributed by atoms with van der Waals surface area (Å²) in [7, 11) is 1.56. The molecule has 178 valence electrons. The lowest BCUT2D eigenvalue weighted by Gasteiger charge is -2.37. The van der Waals surface area contributed by atoms with Crippen LogP contribution >= 0.6 is 11.8 Å². The van der Waals surface area contributed by atoms with Crippen LogP contribution in [0.5, 0.6) is 5.75 Å². The predicted molar refractivity (Wildman–Crippen MR) is 134 cm³/mol. The molecule has 7 nitrogen and oxygen atoms in total. The van der Waals surface area contributed by atoms with E-state index < -0.39 is 17.5 Å². The minimum Gasteiger partial charge on any atom is -0.497 e. The monoisotopic (exact) mass is 487 g/mol. The van der Waals surface area contributed by atoms with E-state index in [-0.39, 0.29) is 18.5 Å². The van der Waals surface area contributed by atoms with Gasteiger partial charge in [-0.3, -0.25) is 14.5 Å². The van der Waals surface area contributed by atoms with Crippen LogP contribution in [0, 0.1) is 0 Å². The van der Waals surface area contributed by atoms with Crippen LogP contribution in [0.3, 0.4) is 0 Å². The number of amides is 4. The van der Waals surface area contributed by atoms with E-state index in [1.54, 1.807) is 55.0 Å². The summed E-state index contributed by atoms with van der Waals surface area (Å²) in [5.41, 5.74) is 1.14. The number of imide groups is 1. The summed E-state index contributed by atoms with van der Waals surface area (Å²) >= 11 is 1.69. The molecular formula is C27H25N3O4S. The first-order valence-corrected chi connectivity index (χ1v) is 12.3. The van der Waals surface area contributed by atoms with E-state index in [1.807, 2.05) is 54.6 Å². The summed E-state index contributed by atoms with van der Waals surface area (Å²) in [6.07, 6.45) is 0. The molecule has 4 amide bonds. The molecule has 1 N–H and O–H groups in total. The molecule has 2 aliphatic heterocycles. The standard InChI is InChI=1S/C27H25N3O4S/c1-27(19-12-14-20(34-2)15-13-19)25(32)29(26(33)28-27)16-24(31)30-21-10-6-7-11-23(21)35-17-22(30)18-8-4-3-5-9-18/h3-15,22H,16-17H2,1-2H3,(H,28,33). The number of hydrogen-bond acceptors (Lipinski definition) is 5. The molecule has 2 aliphatic rings. The van der Waals surface area contributed by atoms with Gasteiger partial charge in [-0.1, -0.05) is 54.6 Å². The van der Waals surface area contributed by atoms with E-state index in [1.165, 1.54) is 0 Å². The summed E-state index contributed by atoms with van der Waals surface area (Å²) in [5.74, 6) is 0.553. The van der Waals surface area contributed by atoms with Crippen LogP contribution in [0.1, 0.15) is 24.1 Å². The van der Waals surface area contributed by atoms with E-state index in [0.717, 1.165) is 21.0 Å². The topological polar surface area (TPSA) is 79.0 Å². The Morgan fingerprint density at radius 2 is 1.71 bits per heavy atom. The number of thioether (sulfide) groups is 1. The van der Waals surface area contributed by atoms with Gasteiger partial charge >= 0.3 is 6.03 Å². The molecule has 0 spiro atoms. The van der Waals surface area contributed by atoms with Gasteiger partial charge in [0.05, 0.1) is 18.8 Å². The van der Waals surface area contributed by atoms with Crippen molar-refractivity contribution in [2.45, 2.75) is 23.4 Å². The lowest BCUT2D eigenvalue weighted by Crippen LogP contribution is -2.47. The van der Waals surface area contributed by atoms with Gasteiger partial charge in [0.15, 0.2) is 0 Å². The second-order valence-corrected chi connectivity index (χ2v) is 9.71. The fraction of sp³-hybridized carbons (Fsp3) is 0.222.